The van der Waals surface area contributed by atoms with Gasteiger partial charge in [0.15, 0.2) is 11.5 Å². The monoisotopic (exact) mass is 414 g/mol. The molecule has 0 saturated carbocycles. The van der Waals surface area contributed by atoms with E-state index in [0.717, 1.165) is 24.0 Å². The molecular weight excluding hydrogens is 399 g/mol. The van der Waals surface area contributed by atoms with E-state index in [9.17, 15) is 4.79 Å². The third kappa shape index (κ3) is 2.95. The van der Waals surface area contributed by atoms with E-state index in [4.69, 9.17) is 37.7 Å². The summed E-state index contributed by atoms with van der Waals surface area (Å²) in [4.78, 5) is 17.5. The zero-order valence-corrected chi connectivity index (χ0v) is 16.4. The first-order chi connectivity index (χ1) is 13.6. The number of halogens is 2. The minimum atomic E-state index is -0.0670. The van der Waals surface area contributed by atoms with Crippen molar-refractivity contribution in [2.45, 2.75) is 19.4 Å². The molecule has 0 fully saturated rings. The van der Waals surface area contributed by atoms with Crippen LogP contribution in [0.15, 0.2) is 35.1 Å². The standard InChI is InChI=1S/C21H16Cl2N2O3/c22-14-2-3-17-15(11-14)21(26)25-5-4-13(20(25)24-17)8-12-9-16(23)19-18(10-12)27-6-1-7-28-19/h2-3,8-11H,1,4-7H2/b13-8+. The number of hydrogen-bond donors (Lipinski definition) is 0. The summed E-state index contributed by atoms with van der Waals surface area (Å²) >= 11 is 12.4. The maximum Gasteiger partial charge on any atom is 0.261 e. The van der Waals surface area contributed by atoms with Gasteiger partial charge in [-0.3, -0.25) is 9.36 Å². The largest absolute Gasteiger partial charge is 0.489 e. The molecule has 2 aliphatic heterocycles. The number of rotatable bonds is 1. The van der Waals surface area contributed by atoms with Crippen molar-refractivity contribution in [3.63, 3.8) is 0 Å². The molecule has 0 aliphatic carbocycles. The molecule has 2 aliphatic rings. The van der Waals surface area contributed by atoms with Crippen molar-refractivity contribution in [3.8, 4) is 11.5 Å². The summed E-state index contributed by atoms with van der Waals surface area (Å²) in [5.41, 5.74) is 2.45. The molecule has 7 heteroatoms. The quantitative estimate of drug-likeness (QED) is 0.573. The van der Waals surface area contributed by atoms with E-state index in [1.807, 2.05) is 18.2 Å². The van der Waals surface area contributed by atoms with Crippen molar-refractivity contribution in [2.75, 3.05) is 13.2 Å². The van der Waals surface area contributed by atoms with E-state index in [1.165, 1.54) is 0 Å². The highest BCUT2D eigenvalue weighted by Gasteiger charge is 2.22. The molecule has 5 rings (SSSR count). The highest BCUT2D eigenvalue weighted by Crippen LogP contribution is 2.39. The van der Waals surface area contributed by atoms with Gasteiger partial charge >= 0.3 is 0 Å². The lowest BCUT2D eigenvalue weighted by molar-refractivity contribution is 0.297. The average Bonchev–Trinajstić information content (AvgIpc) is 2.91. The Morgan fingerprint density at radius 1 is 1.11 bits per heavy atom. The molecule has 3 aromatic rings. The predicted octanol–water partition coefficient (Wildman–Crippen LogP) is 4.81. The summed E-state index contributed by atoms with van der Waals surface area (Å²) in [5, 5.41) is 1.58. The van der Waals surface area contributed by atoms with Gasteiger partial charge in [0, 0.05) is 18.0 Å². The van der Waals surface area contributed by atoms with Crippen LogP contribution in [0.2, 0.25) is 10.0 Å². The van der Waals surface area contributed by atoms with Crippen LogP contribution in [0.1, 0.15) is 24.2 Å². The first-order valence-electron chi connectivity index (χ1n) is 9.10. The second-order valence-electron chi connectivity index (χ2n) is 6.85. The molecule has 0 saturated heterocycles. The van der Waals surface area contributed by atoms with Crippen LogP contribution in [0, 0.1) is 0 Å². The van der Waals surface area contributed by atoms with Crippen LogP contribution in [-0.4, -0.2) is 22.8 Å². The lowest BCUT2D eigenvalue weighted by Crippen LogP contribution is -2.20. The number of benzene rings is 2. The molecule has 142 valence electrons. The lowest BCUT2D eigenvalue weighted by Gasteiger charge is -2.10. The van der Waals surface area contributed by atoms with Gasteiger partial charge in [0.25, 0.3) is 5.56 Å². The Bertz CT molecular complexity index is 1200. The minimum Gasteiger partial charge on any atom is -0.489 e. The summed E-state index contributed by atoms with van der Waals surface area (Å²) in [5.74, 6) is 1.92. The molecule has 0 radical (unpaired) electrons. The normalized spacial score (nSPS) is 17.0. The van der Waals surface area contributed by atoms with Gasteiger partial charge < -0.3 is 9.47 Å². The molecule has 28 heavy (non-hydrogen) atoms. The first-order valence-corrected chi connectivity index (χ1v) is 9.86. The van der Waals surface area contributed by atoms with Crippen molar-refractivity contribution in [1.82, 2.24) is 9.55 Å². The Hall–Kier alpha value is -2.50. The van der Waals surface area contributed by atoms with Gasteiger partial charge in [0.05, 0.1) is 29.1 Å². The molecule has 0 atom stereocenters. The summed E-state index contributed by atoms with van der Waals surface area (Å²) in [7, 11) is 0. The van der Waals surface area contributed by atoms with Crippen LogP contribution < -0.4 is 15.0 Å². The Morgan fingerprint density at radius 3 is 2.86 bits per heavy atom. The fourth-order valence-corrected chi connectivity index (χ4v) is 4.11. The number of ether oxygens (including phenoxy) is 2. The average molecular weight is 415 g/mol. The lowest BCUT2D eigenvalue weighted by atomic mass is 10.1. The maximum absolute atomic E-state index is 12.8. The minimum absolute atomic E-state index is 0.0670. The van der Waals surface area contributed by atoms with Crippen molar-refractivity contribution >= 4 is 45.8 Å². The predicted molar refractivity (Wildman–Crippen MR) is 111 cm³/mol. The van der Waals surface area contributed by atoms with E-state index in [0.29, 0.717) is 58.0 Å². The molecule has 0 bridgehead atoms. The van der Waals surface area contributed by atoms with Gasteiger partial charge in [0.2, 0.25) is 0 Å². The Kier molecular flexibility index (Phi) is 4.29. The Morgan fingerprint density at radius 2 is 1.96 bits per heavy atom. The SMILES string of the molecule is O=c1c2cc(Cl)ccc2nc2n1CC/C2=C\c1cc(Cl)c2c(c1)OCCCO2. The van der Waals surface area contributed by atoms with Crippen molar-refractivity contribution < 1.29 is 9.47 Å². The topological polar surface area (TPSA) is 53.4 Å². The Labute approximate surface area is 171 Å². The van der Waals surface area contributed by atoms with E-state index in [1.54, 1.807) is 22.8 Å². The number of aromatic nitrogens is 2. The fraction of sp³-hybridized carbons (Fsp3) is 0.238. The van der Waals surface area contributed by atoms with Crippen LogP contribution in [0.3, 0.4) is 0 Å². The number of allylic oxidation sites excluding steroid dienone is 1. The third-order valence-corrected chi connectivity index (χ3v) is 5.49. The fourth-order valence-electron chi connectivity index (χ4n) is 3.66. The maximum atomic E-state index is 12.8. The second kappa shape index (κ2) is 6.83. The molecule has 0 unspecified atom stereocenters. The van der Waals surface area contributed by atoms with Gasteiger partial charge in [0.1, 0.15) is 5.82 Å². The summed E-state index contributed by atoms with van der Waals surface area (Å²) in [6, 6.07) is 8.96. The van der Waals surface area contributed by atoms with Gasteiger partial charge in [-0.1, -0.05) is 23.2 Å². The Balaban J connectivity index is 1.62. The van der Waals surface area contributed by atoms with E-state index in [2.05, 4.69) is 0 Å². The molecule has 0 amide bonds. The van der Waals surface area contributed by atoms with Gasteiger partial charge in [-0.2, -0.15) is 0 Å². The number of hydrogen-bond acceptors (Lipinski definition) is 4. The number of fused-ring (bicyclic) bond motifs is 3. The van der Waals surface area contributed by atoms with E-state index in [-0.39, 0.29) is 5.56 Å². The smallest absolute Gasteiger partial charge is 0.261 e. The molecule has 3 heterocycles. The second-order valence-corrected chi connectivity index (χ2v) is 7.70. The van der Waals surface area contributed by atoms with Crippen LogP contribution in [-0.2, 0) is 6.54 Å². The highest BCUT2D eigenvalue weighted by atomic mass is 35.5. The van der Waals surface area contributed by atoms with Crippen molar-refractivity contribution in [3.05, 3.63) is 62.1 Å². The number of nitrogens with zero attached hydrogens (tertiary/aromatic N) is 2. The van der Waals surface area contributed by atoms with Crippen molar-refractivity contribution in [2.24, 2.45) is 0 Å². The van der Waals surface area contributed by atoms with Crippen LogP contribution in [0.5, 0.6) is 11.5 Å². The summed E-state index contributed by atoms with van der Waals surface area (Å²) in [6.07, 6.45) is 3.55. The van der Waals surface area contributed by atoms with Gasteiger partial charge in [-0.25, -0.2) is 4.98 Å². The molecule has 2 aromatic carbocycles. The van der Waals surface area contributed by atoms with Crippen LogP contribution in [0.25, 0.3) is 22.6 Å². The molecule has 1 aromatic heterocycles. The molecule has 5 nitrogen and oxygen atoms in total. The first kappa shape index (κ1) is 17.6. The van der Waals surface area contributed by atoms with Gasteiger partial charge in [-0.05, 0) is 54.0 Å². The summed E-state index contributed by atoms with van der Waals surface area (Å²) < 4.78 is 13.2. The zero-order valence-electron chi connectivity index (χ0n) is 14.9. The van der Waals surface area contributed by atoms with Crippen molar-refractivity contribution in [1.29, 1.82) is 0 Å². The van der Waals surface area contributed by atoms with Crippen LogP contribution in [0.4, 0.5) is 0 Å². The molecule has 0 N–H and O–H groups in total. The highest BCUT2D eigenvalue weighted by molar-refractivity contribution is 6.32. The van der Waals surface area contributed by atoms with E-state index < -0.39 is 0 Å². The van der Waals surface area contributed by atoms with Gasteiger partial charge in [-0.15, -0.1) is 0 Å². The molecule has 0 spiro atoms. The zero-order chi connectivity index (χ0) is 19.3. The third-order valence-electron chi connectivity index (χ3n) is 4.97. The van der Waals surface area contributed by atoms with E-state index >= 15 is 0 Å². The van der Waals surface area contributed by atoms with Crippen LogP contribution >= 0.6 is 23.2 Å². The molecular formula is C21H16Cl2N2O3. The summed E-state index contributed by atoms with van der Waals surface area (Å²) in [6.45, 7) is 1.77.